The topological polar surface area (TPSA) is 32.6 Å². The van der Waals surface area contributed by atoms with Gasteiger partial charge in [-0.1, -0.05) is 35.2 Å². The average molecular weight is 201 g/mol. The van der Waals surface area contributed by atoms with E-state index in [9.17, 15) is 0 Å². The normalized spacial score (nSPS) is 11.1. The maximum atomic E-state index is 8.49. The van der Waals surface area contributed by atoms with E-state index in [0.717, 1.165) is 11.1 Å². The van der Waals surface area contributed by atoms with E-state index in [-0.39, 0.29) is 5.41 Å². The number of rotatable bonds is 1. The minimum Gasteiger partial charge on any atom is -0.411 e. The molecule has 0 unspecified atom stereocenters. The number of oxime groups is 1. The summed E-state index contributed by atoms with van der Waals surface area (Å²) >= 11 is 0. The van der Waals surface area contributed by atoms with Gasteiger partial charge in [0, 0.05) is 16.5 Å². The molecule has 0 atom stereocenters. The lowest BCUT2D eigenvalue weighted by Gasteiger charge is -2.07. The Hall–Kier alpha value is -1.75. The van der Waals surface area contributed by atoms with Gasteiger partial charge in [0.2, 0.25) is 0 Å². The molecule has 0 radical (unpaired) electrons. The summed E-state index contributed by atoms with van der Waals surface area (Å²) in [7, 11) is 0. The first-order chi connectivity index (χ1) is 7.03. The van der Waals surface area contributed by atoms with Crippen LogP contribution in [0.5, 0.6) is 0 Å². The van der Waals surface area contributed by atoms with Gasteiger partial charge in [0.15, 0.2) is 0 Å². The summed E-state index contributed by atoms with van der Waals surface area (Å²) in [5.41, 5.74) is 1.69. The summed E-state index contributed by atoms with van der Waals surface area (Å²) in [6.45, 7) is 6.17. The van der Waals surface area contributed by atoms with Crippen LogP contribution in [0.25, 0.3) is 0 Å². The van der Waals surface area contributed by atoms with Crippen LogP contribution < -0.4 is 0 Å². The molecule has 0 aliphatic heterocycles. The van der Waals surface area contributed by atoms with E-state index < -0.39 is 0 Å². The number of nitrogens with zero attached hydrogens (tertiary/aromatic N) is 1. The van der Waals surface area contributed by atoms with Crippen molar-refractivity contribution < 1.29 is 5.21 Å². The molecular weight excluding hydrogens is 186 g/mol. The highest BCUT2D eigenvalue weighted by Gasteiger charge is 2.04. The second-order valence-electron chi connectivity index (χ2n) is 4.33. The molecule has 1 aromatic carbocycles. The highest BCUT2D eigenvalue weighted by atomic mass is 16.4. The maximum Gasteiger partial charge on any atom is 0.0746 e. The smallest absolute Gasteiger partial charge is 0.0746 e. The molecule has 1 rings (SSSR count). The third-order valence-corrected chi connectivity index (χ3v) is 1.73. The van der Waals surface area contributed by atoms with Crippen molar-refractivity contribution in [3.05, 3.63) is 35.4 Å². The van der Waals surface area contributed by atoms with E-state index in [4.69, 9.17) is 5.21 Å². The van der Waals surface area contributed by atoms with Gasteiger partial charge in [-0.15, -0.1) is 0 Å². The van der Waals surface area contributed by atoms with E-state index >= 15 is 0 Å². The van der Waals surface area contributed by atoms with Gasteiger partial charge in [-0.05, 0) is 26.8 Å². The number of hydrogen-bond donors (Lipinski definition) is 1. The van der Waals surface area contributed by atoms with E-state index in [0.29, 0.717) is 0 Å². The van der Waals surface area contributed by atoms with Gasteiger partial charge >= 0.3 is 0 Å². The molecule has 0 aliphatic rings. The molecule has 1 aromatic rings. The first-order valence-electron chi connectivity index (χ1n) is 4.82. The SMILES string of the molecule is CC(C)(C)C#Cc1ccccc1/C=N/O. The zero-order valence-electron chi connectivity index (χ0n) is 9.28. The zero-order chi connectivity index (χ0) is 11.3. The van der Waals surface area contributed by atoms with Crippen molar-refractivity contribution >= 4 is 6.21 Å². The number of hydrogen-bond acceptors (Lipinski definition) is 2. The molecule has 78 valence electrons. The Morgan fingerprint density at radius 1 is 1.27 bits per heavy atom. The molecule has 0 fully saturated rings. The summed E-state index contributed by atoms with van der Waals surface area (Å²) in [5, 5.41) is 11.5. The first kappa shape index (κ1) is 11.3. The van der Waals surface area contributed by atoms with Crippen molar-refractivity contribution in [3.63, 3.8) is 0 Å². The summed E-state index contributed by atoms with van der Waals surface area (Å²) < 4.78 is 0. The van der Waals surface area contributed by atoms with Crippen LogP contribution in [0, 0.1) is 17.3 Å². The Balaban J connectivity index is 3.08. The van der Waals surface area contributed by atoms with Crippen LogP contribution in [-0.4, -0.2) is 11.4 Å². The third-order valence-electron chi connectivity index (χ3n) is 1.73. The lowest BCUT2D eigenvalue weighted by atomic mass is 9.97. The Kier molecular flexibility index (Phi) is 3.51. The molecule has 0 saturated carbocycles. The van der Waals surface area contributed by atoms with E-state index in [1.165, 1.54) is 6.21 Å². The molecule has 0 heterocycles. The van der Waals surface area contributed by atoms with Crippen LogP contribution in [0.2, 0.25) is 0 Å². The lowest BCUT2D eigenvalue weighted by molar-refractivity contribution is 0.322. The van der Waals surface area contributed by atoms with Crippen molar-refractivity contribution in [1.29, 1.82) is 0 Å². The molecule has 0 saturated heterocycles. The standard InChI is InChI=1S/C13H15NO/c1-13(2,3)9-8-11-6-4-5-7-12(11)10-14-15/h4-7,10,15H,1-3H3/b14-10+. The second kappa shape index (κ2) is 4.65. The van der Waals surface area contributed by atoms with Gasteiger partial charge in [0.05, 0.1) is 6.21 Å². The lowest BCUT2D eigenvalue weighted by Crippen LogP contribution is -1.99. The van der Waals surface area contributed by atoms with Crippen molar-refractivity contribution in [1.82, 2.24) is 0 Å². The van der Waals surface area contributed by atoms with Crippen molar-refractivity contribution in [3.8, 4) is 11.8 Å². The summed E-state index contributed by atoms with van der Waals surface area (Å²) in [5.74, 6) is 6.23. The van der Waals surface area contributed by atoms with E-state index in [1.807, 2.05) is 24.3 Å². The largest absolute Gasteiger partial charge is 0.411 e. The molecule has 0 aliphatic carbocycles. The molecule has 0 spiro atoms. The van der Waals surface area contributed by atoms with Crippen LogP contribution in [-0.2, 0) is 0 Å². The quantitative estimate of drug-likeness (QED) is 0.322. The number of benzene rings is 1. The van der Waals surface area contributed by atoms with Gasteiger partial charge in [-0.25, -0.2) is 0 Å². The molecule has 2 nitrogen and oxygen atoms in total. The van der Waals surface area contributed by atoms with Gasteiger partial charge in [-0.2, -0.15) is 0 Å². The van der Waals surface area contributed by atoms with Crippen LogP contribution in [0.15, 0.2) is 29.4 Å². The van der Waals surface area contributed by atoms with E-state index in [1.54, 1.807) is 0 Å². The van der Waals surface area contributed by atoms with Gasteiger partial charge in [0.1, 0.15) is 0 Å². The van der Waals surface area contributed by atoms with Crippen LogP contribution >= 0.6 is 0 Å². The van der Waals surface area contributed by atoms with Crippen LogP contribution in [0.4, 0.5) is 0 Å². The fraction of sp³-hybridized carbons (Fsp3) is 0.308. The minimum atomic E-state index is -0.0243. The Morgan fingerprint density at radius 2 is 1.93 bits per heavy atom. The van der Waals surface area contributed by atoms with Crippen LogP contribution in [0.1, 0.15) is 31.9 Å². The highest BCUT2D eigenvalue weighted by molar-refractivity contribution is 5.83. The zero-order valence-corrected chi connectivity index (χ0v) is 9.28. The van der Waals surface area contributed by atoms with Crippen molar-refractivity contribution in [2.24, 2.45) is 10.6 Å². The predicted octanol–water partition coefficient (Wildman–Crippen LogP) is 2.89. The highest BCUT2D eigenvalue weighted by Crippen LogP contribution is 2.12. The van der Waals surface area contributed by atoms with Gasteiger partial charge in [-0.3, -0.25) is 0 Å². The third kappa shape index (κ3) is 3.86. The average Bonchev–Trinajstić information content (AvgIpc) is 2.16. The monoisotopic (exact) mass is 201 g/mol. The summed E-state index contributed by atoms with van der Waals surface area (Å²) in [4.78, 5) is 0. The Bertz CT molecular complexity index is 416. The van der Waals surface area contributed by atoms with E-state index in [2.05, 4.69) is 37.8 Å². The Labute approximate surface area is 90.6 Å². The molecule has 1 N–H and O–H groups in total. The molecule has 0 amide bonds. The molecule has 0 aromatic heterocycles. The predicted molar refractivity (Wildman–Crippen MR) is 62.2 cm³/mol. The van der Waals surface area contributed by atoms with Gasteiger partial charge in [0.25, 0.3) is 0 Å². The molecule has 0 bridgehead atoms. The molecule has 15 heavy (non-hydrogen) atoms. The second-order valence-corrected chi connectivity index (χ2v) is 4.33. The molecule has 2 heteroatoms. The maximum absolute atomic E-state index is 8.49. The summed E-state index contributed by atoms with van der Waals surface area (Å²) in [6.07, 6.45) is 1.40. The van der Waals surface area contributed by atoms with Gasteiger partial charge < -0.3 is 5.21 Å². The minimum absolute atomic E-state index is 0.0243. The molecular formula is C13H15NO. The summed E-state index contributed by atoms with van der Waals surface area (Å²) in [6, 6.07) is 7.59. The fourth-order valence-corrected chi connectivity index (χ4v) is 1.04. The Morgan fingerprint density at radius 3 is 2.53 bits per heavy atom. The van der Waals surface area contributed by atoms with Crippen molar-refractivity contribution in [2.45, 2.75) is 20.8 Å². The first-order valence-corrected chi connectivity index (χ1v) is 4.82. The van der Waals surface area contributed by atoms with Crippen molar-refractivity contribution in [2.75, 3.05) is 0 Å². The van der Waals surface area contributed by atoms with Crippen LogP contribution in [0.3, 0.4) is 0 Å². The fourth-order valence-electron chi connectivity index (χ4n) is 1.04.